The minimum Gasteiger partial charge on any atom is -0.316 e. The lowest BCUT2D eigenvalue weighted by Crippen LogP contribution is -2.10. The minimum atomic E-state index is 0.824. The average Bonchev–Trinajstić information content (AvgIpc) is 2.36. The molecule has 0 aromatic carbocycles. The standard InChI is InChI=1S/C9H17N/c1-7(2)8(3)9-4-5-10-6-9/h9-10H,4-6H2,1-3H3. The van der Waals surface area contributed by atoms with Gasteiger partial charge in [-0.1, -0.05) is 11.1 Å². The van der Waals surface area contributed by atoms with E-state index in [1.165, 1.54) is 25.1 Å². The Kier molecular flexibility index (Phi) is 2.50. The van der Waals surface area contributed by atoms with Crippen molar-refractivity contribution >= 4 is 0 Å². The van der Waals surface area contributed by atoms with Gasteiger partial charge in [-0.05, 0) is 39.7 Å². The molecule has 1 heterocycles. The molecule has 0 aromatic heterocycles. The van der Waals surface area contributed by atoms with E-state index in [2.05, 4.69) is 26.1 Å². The first-order chi connectivity index (χ1) is 4.72. The fourth-order valence-corrected chi connectivity index (χ4v) is 1.43. The van der Waals surface area contributed by atoms with Crippen molar-refractivity contribution in [3.63, 3.8) is 0 Å². The van der Waals surface area contributed by atoms with Crippen LogP contribution in [0.15, 0.2) is 11.1 Å². The zero-order valence-electron chi connectivity index (χ0n) is 7.20. The van der Waals surface area contributed by atoms with E-state index in [-0.39, 0.29) is 0 Å². The second-order valence-electron chi connectivity index (χ2n) is 3.37. The van der Waals surface area contributed by atoms with E-state index in [0.717, 1.165) is 5.92 Å². The number of allylic oxidation sites excluding steroid dienone is 1. The molecule has 0 spiro atoms. The molecule has 1 aliphatic rings. The smallest absolute Gasteiger partial charge is 0.00173 e. The molecule has 1 nitrogen and oxygen atoms in total. The summed E-state index contributed by atoms with van der Waals surface area (Å²) in [5, 5.41) is 3.37. The molecule has 10 heavy (non-hydrogen) atoms. The van der Waals surface area contributed by atoms with Gasteiger partial charge in [0.25, 0.3) is 0 Å². The Hall–Kier alpha value is -0.300. The predicted octanol–water partition coefficient (Wildman–Crippen LogP) is 1.95. The third kappa shape index (κ3) is 1.60. The molecule has 1 unspecified atom stereocenters. The summed E-state index contributed by atoms with van der Waals surface area (Å²) in [4.78, 5) is 0. The van der Waals surface area contributed by atoms with E-state index in [1.54, 1.807) is 5.57 Å². The highest BCUT2D eigenvalue weighted by molar-refractivity contribution is 5.12. The maximum absolute atomic E-state index is 3.37. The Labute approximate surface area is 63.5 Å². The summed E-state index contributed by atoms with van der Waals surface area (Å²) < 4.78 is 0. The van der Waals surface area contributed by atoms with Crippen LogP contribution in [0.4, 0.5) is 0 Å². The molecular formula is C9H17N. The molecule has 1 atom stereocenters. The summed E-state index contributed by atoms with van der Waals surface area (Å²) in [5.41, 5.74) is 3.08. The summed E-state index contributed by atoms with van der Waals surface area (Å²) in [6, 6.07) is 0. The van der Waals surface area contributed by atoms with Gasteiger partial charge in [-0.25, -0.2) is 0 Å². The Bertz CT molecular complexity index is 137. The van der Waals surface area contributed by atoms with Crippen LogP contribution in [0, 0.1) is 5.92 Å². The van der Waals surface area contributed by atoms with Gasteiger partial charge < -0.3 is 5.32 Å². The van der Waals surface area contributed by atoms with E-state index in [4.69, 9.17) is 0 Å². The molecule has 1 N–H and O–H groups in total. The van der Waals surface area contributed by atoms with Crippen LogP contribution in [-0.4, -0.2) is 13.1 Å². The van der Waals surface area contributed by atoms with Crippen molar-refractivity contribution in [3.8, 4) is 0 Å². The first-order valence-electron chi connectivity index (χ1n) is 4.06. The third-order valence-corrected chi connectivity index (χ3v) is 2.46. The average molecular weight is 139 g/mol. The maximum Gasteiger partial charge on any atom is 0.00173 e. The lowest BCUT2D eigenvalue weighted by Gasteiger charge is -2.10. The van der Waals surface area contributed by atoms with Crippen molar-refractivity contribution in [2.45, 2.75) is 27.2 Å². The van der Waals surface area contributed by atoms with Gasteiger partial charge in [-0.15, -0.1) is 0 Å². The summed E-state index contributed by atoms with van der Waals surface area (Å²) >= 11 is 0. The van der Waals surface area contributed by atoms with Crippen molar-refractivity contribution < 1.29 is 0 Å². The van der Waals surface area contributed by atoms with E-state index in [9.17, 15) is 0 Å². The third-order valence-electron chi connectivity index (χ3n) is 2.46. The van der Waals surface area contributed by atoms with Crippen molar-refractivity contribution in [3.05, 3.63) is 11.1 Å². The zero-order valence-corrected chi connectivity index (χ0v) is 7.20. The van der Waals surface area contributed by atoms with Gasteiger partial charge in [0.1, 0.15) is 0 Å². The van der Waals surface area contributed by atoms with Crippen LogP contribution in [0.2, 0.25) is 0 Å². The molecule has 0 saturated carbocycles. The minimum absolute atomic E-state index is 0.824. The molecule has 1 fully saturated rings. The fourth-order valence-electron chi connectivity index (χ4n) is 1.43. The lowest BCUT2D eigenvalue weighted by molar-refractivity contribution is 0.673. The molecule has 0 amide bonds. The Morgan fingerprint density at radius 1 is 1.30 bits per heavy atom. The van der Waals surface area contributed by atoms with Gasteiger partial charge in [0.15, 0.2) is 0 Å². The highest BCUT2D eigenvalue weighted by Gasteiger charge is 2.15. The van der Waals surface area contributed by atoms with Crippen molar-refractivity contribution in [2.75, 3.05) is 13.1 Å². The normalized spacial score (nSPS) is 24.9. The van der Waals surface area contributed by atoms with Gasteiger partial charge in [0.05, 0.1) is 0 Å². The predicted molar refractivity (Wildman–Crippen MR) is 45.0 cm³/mol. The zero-order chi connectivity index (χ0) is 7.56. The number of nitrogens with one attached hydrogen (secondary N) is 1. The maximum atomic E-state index is 3.37. The second-order valence-corrected chi connectivity index (χ2v) is 3.37. The molecule has 0 aliphatic carbocycles. The quantitative estimate of drug-likeness (QED) is 0.547. The molecule has 1 aliphatic heterocycles. The Balaban J connectivity index is 2.56. The topological polar surface area (TPSA) is 12.0 Å². The van der Waals surface area contributed by atoms with Gasteiger partial charge in [0.2, 0.25) is 0 Å². The van der Waals surface area contributed by atoms with Crippen LogP contribution in [-0.2, 0) is 0 Å². The van der Waals surface area contributed by atoms with E-state index >= 15 is 0 Å². The van der Waals surface area contributed by atoms with Crippen LogP contribution >= 0.6 is 0 Å². The monoisotopic (exact) mass is 139 g/mol. The van der Waals surface area contributed by atoms with Crippen LogP contribution in [0.3, 0.4) is 0 Å². The van der Waals surface area contributed by atoms with Crippen LogP contribution in [0.1, 0.15) is 27.2 Å². The molecule has 0 bridgehead atoms. The van der Waals surface area contributed by atoms with E-state index < -0.39 is 0 Å². The Morgan fingerprint density at radius 2 is 2.00 bits per heavy atom. The summed E-state index contributed by atoms with van der Waals surface area (Å²) in [6.07, 6.45) is 1.33. The summed E-state index contributed by atoms with van der Waals surface area (Å²) in [6.45, 7) is 9.06. The first-order valence-corrected chi connectivity index (χ1v) is 4.06. The molecule has 0 radical (unpaired) electrons. The number of hydrogen-bond donors (Lipinski definition) is 1. The Morgan fingerprint density at radius 3 is 2.40 bits per heavy atom. The molecule has 58 valence electrons. The molecule has 1 rings (SSSR count). The number of rotatable bonds is 1. The van der Waals surface area contributed by atoms with Crippen molar-refractivity contribution in [2.24, 2.45) is 5.92 Å². The molecule has 1 heteroatoms. The molecule has 1 saturated heterocycles. The van der Waals surface area contributed by atoms with Gasteiger partial charge in [-0.2, -0.15) is 0 Å². The first kappa shape index (κ1) is 7.80. The largest absolute Gasteiger partial charge is 0.316 e. The summed E-state index contributed by atoms with van der Waals surface area (Å²) in [7, 11) is 0. The van der Waals surface area contributed by atoms with Crippen LogP contribution in [0.25, 0.3) is 0 Å². The SMILES string of the molecule is CC(C)=C(C)C1CCNC1. The van der Waals surface area contributed by atoms with Crippen molar-refractivity contribution in [1.29, 1.82) is 0 Å². The van der Waals surface area contributed by atoms with E-state index in [0.29, 0.717) is 0 Å². The molecule has 0 aromatic rings. The van der Waals surface area contributed by atoms with E-state index in [1.807, 2.05) is 0 Å². The van der Waals surface area contributed by atoms with Gasteiger partial charge in [0, 0.05) is 6.54 Å². The summed E-state index contributed by atoms with van der Waals surface area (Å²) in [5.74, 6) is 0.824. The lowest BCUT2D eigenvalue weighted by atomic mass is 9.96. The highest BCUT2D eigenvalue weighted by atomic mass is 14.9. The van der Waals surface area contributed by atoms with Crippen LogP contribution < -0.4 is 5.32 Å². The van der Waals surface area contributed by atoms with Crippen LogP contribution in [0.5, 0.6) is 0 Å². The van der Waals surface area contributed by atoms with Gasteiger partial charge in [-0.3, -0.25) is 0 Å². The fraction of sp³-hybridized carbons (Fsp3) is 0.778. The number of hydrogen-bond acceptors (Lipinski definition) is 1. The highest BCUT2D eigenvalue weighted by Crippen LogP contribution is 2.20. The second kappa shape index (κ2) is 3.20. The van der Waals surface area contributed by atoms with Crippen molar-refractivity contribution in [1.82, 2.24) is 5.32 Å². The molecular weight excluding hydrogens is 122 g/mol. The van der Waals surface area contributed by atoms with Gasteiger partial charge >= 0.3 is 0 Å².